The summed E-state index contributed by atoms with van der Waals surface area (Å²) in [6, 6.07) is 13.8. The van der Waals surface area contributed by atoms with Crippen molar-refractivity contribution in [2.45, 2.75) is 13.3 Å². The molecule has 108 valence electrons. The molecule has 21 heavy (non-hydrogen) atoms. The molecule has 0 unspecified atom stereocenters. The van der Waals surface area contributed by atoms with Crippen LogP contribution in [0.4, 0.5) is 11.4 Å². The molecule has 4 nitrogen and oxygen atoms in total. The van der Waals surface area contributed by atoms with E-state index in [-0.39, 0.29) is 11.8 Å². The Morgan fingerprint density at radius 2 is 1.57 bits per heavy atom. The number of benzene rings is 2. The summed E-state index contributed by atoms with van der Waals surface area (Å²) in [5.41, 5.74) is 1.40. The zero-order chi connectivity index (χ0) is 15.2. The van der Waals surface area contributed by atoms with Gasteiger partial charge < -0.3 is 10.6 Å². The molecule has 0 heterocycles. The van der Waals surface area contributed by atoms with Gasteiger partial charge in [-0.3, -0.25) is 9.59 Å². The molecule has 2 aromatic carbocycles. The van der Waals surface area contributed by atoms with E-state index < -0.39 is 0 Å². The minimum absolute atomic E-state index is 0.145. The standard InChI is InChI=1S/C16H15ClN2O2/c1-2-15(20)18-13-9-5-3-7-11(13)16(21)19-14-10-6-4-8-12(14)17/h3-10H,2H2,1H3,(H,18,20)(H,19,21). The zero-order valence-corrected chi connectivity index (χ0v) is 12.3. The molecule has 2 amide bonds. The second-order valence-corrected chi connectivity index (χ2v) is 4.79. The van der Waals surface area contributed by atoms with Crippen LogP contribution in [0.5, 0.6) is 0 Å². The Morgan fingerprint density at radius 3 is 2.24 bits per heavy atom. The van der Waals surface area contributed by atoms with Crippen LogP contribution in [0.15, 0.2) is 48.5 Å². The van der Waals surface area contributed by atoms with Gasteiger partial charge in [0.05, 0.1) is 22.0 Å². The van der Waals surface area contributed by atoms with E-state index in [2.05, 4.69) is 10.6 Å². The van der Waals surface area contributed by atoms with Gasteiger partial charge in [0.15, 0.2) is 0 Å². The molecule has 0 saturated heterocycles. The topological polar surface area (TPSA) is 58.2 Å². The van der Waals surface area contributed by atoms with Crippen LogP contribution in [0.2, 0.25) is 5.02 Å². The average Bonchev–Trinajstić information content (AvgIpc) is 2.50. The lowest BCUT2D eigenvalue weighted by Gasteiger charge is -2.11. The summed E-state index contributed by atoms with van der Waals surface area (Å²) < 4.78 is 0. The third-order valence-electron chi connectivity index (χ3n) is 2.89. The molecular weight excluding hydrogens is 288 g/mol. The van der Waals surface area contributed by atoms with Crippen molar-refractivity contribution < 1.29 is 9.59 Å². The number of hydrogen-bond donors (Lipinski definition) is 2. The van der Waals surface area contributed by atoms with E-state index in [1.54, 1.807) is 55.5 Å². The number of nitrogens with one attached hydrogen (secondary N) is 2. The predicted molar refractivity (Wildman–Crippen MR) is 84.8 cm³/mol. The largest absolute Gasteiger partial charge is 0.325 e. The van der Waals surface area contributed by atoms with Crippen molar-refractivity contribution in [3.05, 3.63) is 59.1 Å². The van der Waals surface area contributed by atoms with Crippen molar-refractivity contribution in [1.29, 1.82) is 0 Å². The van der Waals surface area contributed by atoms with Crippen molar-refractivity contribution >= 4 is 34.8 Å². The lowest BCUT2D eigenvalue weighted by molar-refractivity contribution is -0.115. The normalized spacial score (nSPS) is 10.0. The van der Waals surface area contributed by atoms with E-state index in [1.165, 1.54) is 0 Å². The molecule has 0 atom stereocenters. The van der Waals surface area contributed by atoms with Gasteiger partial charge in [-0.1, -0.05) is 42.8 Å². The summed E-state index contributed by atoms with van der Waals surface area (Å²) in [6.45, 7) is 1.75. The van der Waals surface area contributed by atoms with Gasteiger partial charge in [-0.25, -0.2) is 0 Å². The maximum atomic E-state index is 12.3. The summed E-state index contributed by atoms with van der Waals surface area (Å²) in [6.07, 6.45) is 0.348. The number of carbonyl (C=O) groups is 2. The van der Waals surface area contributed by atoms with Crippen molar-refractivity contribution in [2.75, 3.05) is 10.6 Å². The lowest BCUT2D eigenvalue weighted by Crippen LogP contribution is -2.17. The fraction of sp³-hybridized carbons (Fsp3) is 0.125. The molecule has 0 bridgehead atoms. The lowest BCUT2D eigenvalue weighted by atomic mass is 10.1. The first-order valence-electron chi connectivity index (χ1n) is 6.56. The molecule has 2 aromatic rings. The molecule has 5 heteroatoms. The third-order valence-corrected chi connectivity index (χ3v) is 3.22. The number of halogens is 1. The Kier molecular flexibility index (Phi) is 4.95. The highest BCUT2D eigenvalue weighted by Gasteiger charge is 2.13. The first kappa shape index (κ1) is 15.1. The molecule has 0 aromatic heterocycles. The van der Waals surface area contributed by atoms with E-state index in [9.17, 15) is 9.59 Å². The average molecular weight is 303 g/mol. The molecule has 2 rings (SSSR count). The molecule has 0 fully saturated rings. The van der Waals surface area contributed by atoms with Gasteiger partial charge in [-0.2, -0.15) is 0 Å². The summed E-state index contributed by atoms with van der Waals surface area (Å²) in [5.74, 6) is -0.469. The quantitative estimate of drug-likeness (QED) is 0.898. The maximum Gasteiger partial charge on any atom is 0.257 e. The third kappa shape index (κ3) is 3.83. The Morgan fingerprint density at radius 1 is 0.952 bits per heavy atom. The van der Waals surface area contributed by atoms with Gasteiger partial charge >= 0.3 is 0 Å². The number of hydrogen-bond acceptors (Lipinski definition) is 2. The van der Waals surface area contributed by atoms with Crippen LogP contribution in [0, 0.1) is 0 Å². The van der Waals surface area contributed by atoms with Gasteiger partial charge in [-0.05, 0) is 24.3 Å². The molecular formula is C16H15ClN2O2. The number of carbonyl (C=O) groups excluding carboxylic acids is 2. The minimum Gasteiger partial charge on any atom is -0.325 e. The minimum atomic E-state index is -0.324. The van der Waals surface area contributed by atoms with Gasteiger partial charge in [0.2, 0.25) is 5.91 Å². The smallest absolute Gasteiger partial charge is 0.257 e. The molecule has 2 N–H and O–H groups in total. The SMILES string of the molecule is CCC(=O)Nc1ccccc1C(=O)Nc1ccccc1Cl. The van der Waals surface area contributed by atoms with Crippen LogP contribution in [-0.4, -0.2) is 11.8 Å². The van der Waals surface area contributed by atoms with Crippen LogP contribution in [0.3, 0.4) is 0 Å². The maximum absolute atomic E-state index is 12.3. The van der Waals surface area contributed by atoms with E-state index in [0.29, 0.717) is 28.4 Å². The first-order valence-corrected chi connectivity index (χ1v) is 6.94. The summed E-state index contributed by atoms with van der Waals surface area (Å²) in [4.78, 5) is 23.8. The van der Waals surface area contributed by atoms with Crippen LogP contribution >= 0.6 is 11.6 Å². The van der Waals surface area contributed by atoms with Gasteiger partial charge in [0.1, 0.15) is 0 Å². The van der Waals surface area contributed by atoms with Crippen molar-refractivity contribution in [2.24, 2.45) is 0 Å². The Labute approximate surface area is 128 Å². The highest BCUT2D eigenvalue weighted by atomic mass is 35.5. The van der Waals surface area contributed by atoms with E-state index in [0.717, 1.165) is 0 Å². The van der Waals surface area contributed by atoms with Gasteiger partial charge in [-0.15, -0.1) is 0 Å². The van der Waals surface area contributed by atoms with Gasteiger partial charge in [0, 0.05) is 6.42 Å². The Bertz CT molecular complexity index is 671. The van der Waals surface area contributed by atoms with Crippen molar-refractivity contribution in [1.82, 2.24) is 0 Å². The fourth-order valence-electron chi connectivity index (χ4n) is 1.78. The predicted octanol–water partition coefficient (Wildman–Crippen LogP) is 3.94. The van der Waals surface area contributed by atoms with Gasteiger partial charge in [0.25, 0.3) is 5.91 Å². The molecule has 0 aliphatic carbocycles. The summed E-state index contributed by atoms with van der Waals surface area (Å²) in [7, 11) is 0. The zero-order valence-electron chi connectivity index (χ0n) is 11.5. The van der Waals surface area contributed by atoms with E-state index in [4.69, 9.17) is 11.6 Å². The monoisotopic (exact) mass is 302 g/mol. The number of rotatable bonds is 4. The second kappa shape index (κ2) is 6.90. The second-order valence-electron chi connectivity index (χ2n) is 4.38. The number of anilines is 2. The molecule has 0 radical (unpaired) electrons. The number of para-hydroxylation sites is 2. The van der Waals surface area contributed by atoms with Crippen molar-refractivity contribution in [3.63, 3.8) is 0 Å². The van der Waals surface area contributed by atoms with Crippen LogP contribution in [-0.2, 0) is 4.79 Å². The summed E-state index contributed by atoms with van der Waals surface area (Å²) in [5, 5.41) is 5.90. The van der Waals surface area contributed by atoms with Crippen molar-refractivity contribution in [3.8, 4) is 0 Å². The number of amides is 2. The van der Waals surface area contributed by atoms with Crippen LogP contribution in [0.1, 0.15) is 23.7 Å². The van der Waals surface area contributed by atoms with E-state index in [1.807, 2.05) is 0 Å². The highest BCUT2D eigenvalue weighted by molar-refractivity contribution is 6.34. The van der Waals surface area contributed by atoms with E-state index >= 15 is 0 Å². The molecule has 0 aliphatic heterocycles. The van der Waals surface area contributed by atoms with Crippen LogP contribution < -0.4 is 10.6 Å². The Hall–Kier alpha value is -2.33. The fourth-order valence-corrected chi connectivity index (χ4v) is 1.96. The molecule has 0 aliphatic rings. The summed E-state index contributed by atoms with van der Waals surface area (Å²) >= 11 is 6.02. The molecule has 0 spiro atoms. The Balaban J connectivity index is 2.23. The molecule has 0 saturated carbocycles. The van der Waals surface area contributed by atoms with Crippen LogP contribution in [0.25, 0.3) is 0 Å². The first-order chi connectivity index (χ1) is 10.1. The highest BCUT2D eigenvalue weighted by Crippen LogP contribution is 2.23.